The summed E-state index contributed by atoms with van der Waals surface area (Å²) in [7, 11) is 0. The molecule has 1 aromatic heterocycles. The van der Waals surface area contributed by atoms with Crippen molar-refractivity contribution in [2.75, 3.05) is 5.32 Å². The molecule has 1 fully saturated rings. The van der Waals surface area contributed by atoms with Gasteiger partial charge in [0.25, 0.3) is 0 Å². The summed E-state index contributed by atoms with van der Waals surface area (Å²) >= 11 is 1.08. The fourth-order valence-electron chi connectivity index (χ4n) is 2.71. The number of aromatic nitrogens is 1. The molecule has 0 bridgehead atoms. The Bertz CT molecular complexity index is 507. The molecular weight excluding hydrogens is 288 g/mol. The van der Waals surface area contributed by atoms with Crippen molar-refractivity contribution < 1.29 is 14.7 Å². The second-order valence-electron chi connectivity index (χ2n) is 5.53. The Hall–Kier alpha value is -1.43. The van der Waals surface area contributed by atoms with Crippen LogP contribution in [0.3, 0.4) is 0 Å². The van der Waals surface area contributed by atoms with Crippen LogP contribution in [0.2, 0.25) is 0 Å². The highest BCUT2D eigenvalue weighted by atomic mass is 32.1. The largest absolute Gasteiger partial charge is 0.477 e. The smallest absolute Gasteiger partial charge is 0.347 e. The number of amides is 1. The average Bonchev–Trinajstić information content (AvgIpc) is 2.90. The number of hydrogen-bond acceptors (Lipinski definition) is 4. The quantitative estimate of drug-likeness (QED) is 0.831. The molecule has 0 aromatic carbocycles. The minimum atomic E-state index is -0.942. The third-order valence-corrected chi connectivity index (χ3v) is 4.82. The van der Waals surface area contributed by atoms with Crippen molar-refractivity contribution in [2.45, 2.75) is 64.2 Å². The van der Waals surface area contributed by atoms with Crippen LogP contribution in [0.1, 0.15) is 79.6 Å². The Balaban J connectivity index is 2.12. The normalized spacial score (nSPS) is 15.9. The van der Waals surface area contributed by atoms with Crippen molar-refractivity contribution in [2.24, 2.45) is 0 Å². The van der Waals surface area contributed by atoms with Crippen LogP contribution in [0.4, 0.5) is 5.13 Å². The van der Waals surface area contributed by atoms with E-state index in [-0.39, 0.29) is 16.7 Å². The number of anilines is 1. The second kappa shape index (κ2) is 7.54. The van der Waals surface area contributed by atoms with Gasteiger partial charge in [0.15, 0.2) is 5.13 Å². The lowest BCUT2D eigenvalue weighted by molar-refractivity contribution is -0.116. The summed E-state index contributed by atoms with van der Waals surface area (Å²) in [6.07, 6.45) is 7.69. The molecule has 0 unspecified atom stereocenters. The Labute approximate surface area is 128 Å². The minimum absolute atomic E-state index is 0.0854. The van der Waals surface area contributed by atoms with Crippen LogP contribution >= 0.6 is 11.3 Å². The molecule has 0 aliphatic heterocycles. The van der Waals surface area contributed by atoms with E-state index in [9.17, 15) is 14.7 Å². The van der Waals surface area contributed by atoms with E-state index >= 15 is 0 Å². The zero-order valence-electron chi connectivity index (χ0n) is 12.4. The molecule has 5 nitrogen and oxygen atoms in total. The van der Waals surface area contributed by atoms with Crippen molar-refractivity contribution >= 4 is 28.3 Å². The van der Waals surface area contributed by atoms with Gasteiger partial charge in [-0.25, -0.2) is 9.78 Å². The highest BCUT2D eigenvalue weighted by Crippen LogP contribution is 2.37. The Morgan fingerprint density at radius 1 is 1.33 bits per heavy atom. The van der Waals surface area contributed by atoms with E-state index in [1.807, 2.05) is 6.92 Å². The summed E-state index contributed by atoms with van der Waals surface area (Å²) in [5, 5.41) is 12.5. The van der Waals surface area contributed by atoms with Gasteiger partial charge in [0.05, 0.1) is 5.69 Å². The molecule has 2 N–H and O–H groups in total. The zero-order chi connectivity index (χ0) is 15.2. The fourth-order valence-corrected chi connectivity index (χ4v) is 3.62. The van der Waals surface area contributed by atoms with Gasteiger partial charge < -0.3 is 10.4 Å². The third kappa shape index (κ3) is 4.27. The molecule has 0 radical (unpaired) electrons. The number of carbonyl (C=O) groups is 2. The first-order chi connectivity index (χ1) is 10.1. The number of nitrogens with zero attached hydrogens (tertiary/aromatic N) is 1. The fraction of sp³-hybridized carbons (Fsp3) is 0.667. The minimum Gasteiger partial charge on any atom is -0.477 e. The van der Waals surface area contributed by atoms with Gasteiger partial charge in [-0.2, -0.15) is 0 Å². The molecule has 1 amide bonds. The van der Waals surface area contributed by atoms with Crippen LogP contribution in [0.25, 0.3) is 0 Å². The van der Waals surface area contributed by atoms with Gasteiger partial charge in [-0.1, -0.05) is 43.9 Å². The number of thiazole rings is 1. The molecule has 21 heavy (non-hydrogen) atoms. The lowest BCUT2D eigenvalue weighted by atomic mass is 9.86. The Morgan fingerprint density at radius 3 is 2.67 bits per heavy atom. The van der Waals surface area contributed by atoms with Crippen LogP contribution in [0.5, 0.6) is 0 Å². The standard InChI is InChI=1S/C15H22N2O3S/c1-2-3-9-11(18)16-15-17-12(13(21-15)14(19)20)10-7-5-4-6-8-10/h10H,2-9H2,1H3,(H,19,20)(H,16,17,18). The Kier molecular flexibility index (Phi) is 5.73. The summed E-state index contributed by atoms with van der Waals surface area (Å²) < 4.78 is 0. The summed E-state index contributed by atoms with van der Waals surface area (Å²) in [6, 6.07) is 0. The number of aromatic carboxylic acids is 1. The number of carboxylic acids is 1. The molecule has 1 heterocycles. The molecule has 1 aromatic rings. The number of carboxylic acid groups (broad SMARTS) is 1. The zero-order valence-corrected chi connectivity index (χ0v) is 13.2. The predicted molar refractivity (Wildman–Crippen MR) is 83.1 cm³/mol. The lowest BCUT2D eigenvalue weighted by Gasteiger charge is -2.20. The highest BCUT2D eigenvalue weighted by Gasteiger charge is 2.26. The molecular formula is C15H22N2O3S. The van der Waals surface area contributed by atoms with Crippen LogP contribution in [-0.4, -0.2) is 22.0 Å². The maximum absolute atomic E-state index is 11.7. The van der Waals surface area contributed by atoms with Crippen molar-refractivity contribution in [3.63, 3.8) is 0 Å². The summed E-state index contributed by atoms with van der Waals surface area (Å²) in [5.41, 5.74) is 0.665. The SMILES string of the molecule is CCCCC(=O)Nc1nc(C2CCCCC2)c(C(=O)O)s1. The highest BCUT2D eigenvalue weighted by molar-refractivity contribution is 7.17. The molecule has 0 atom stereocenters. The molecule has 116 valence electrons. The van der Waals surface area contributed by atoms with E-state index in [0.717, 1.165) is 49.9 Å². The number of carbonyl (C=O) groups excluding carboxylic acids is 1. The number of nitrogens with one attached hydrogen (secondary N) is 1. The van der Waals surface area contributed by atoms with E-state index in [1.165, 1.54) is 6.42 Å². The van der Waals surface area contributed by atoms with E-state index in [2.05, 4.69) is 10.3 Å². The Morgan fingerprint density at radius 2 is 2.05 bits per heavy atom. The molecule has 0 saturated heterocycles. The maximum atomic E-state index is 11.7. The maximum Gasteiger partial charge on any atom is 0.347 e. The van der Waals surface area contributed by atoms with E-state index in [1.54, 1.807) is 0 Å². The average molecular weight is 310 g/mol. The lowest BCUT2D eigenvalue weighted by Crippen LogP contribution is -2.11. The van der Waals surface area contributed by atoms with Crippen LogP contribution in [0.15, 0.2) is 0 Å². The van der Waals surface area contributed by atoms with Gasteiger partial charge >= 0.3 is 5.97 Å². The van der Waals surface area contributed by atoms with Crippen LogP contribution in [-0.2, 0) is 4.79 Å². The van der Waals surface area contributed by atoms with Crippen LogP contribution < -0.4 is 5.32 Å². The van der Waals surface area contributed by atoms with Gasteiger partial charge in [-0.3, -0.25) is 4.79 Å². The first-order valence-electron chi connectivity index (χ1n) is 7.65. The number of unbranched alkanes of at least 4 members (excludes halogenated alkanes) is 1. The second-order valence-corrected chi connectivity index (χ2v) is 6.52. The van der Waals surface area contributed by atoms with Gasteiger partial charge in [0.1, 0.15) is 4.88 Å². The van der Waals surface area contributed by atoms with E-state index in [0.29, 0.717) is 17.2 Å². The van der Waals surface area contributed by atoms with Gasteiger partial charge in [-0.05, 0) is 19.3 Å². The molecule has 2 rings (SSSR count). The number of hydrogen-bond donors (Lipinski definition) is 2. The third-order valence-electron chi connectivity index (χ3n) is 3.84. The van der Waals surface area contributed by atoms with Crippen molar-refractivity contribution in [3.05, 3.63) is 10.6 Å². The summed E-state index contributed by atoms with van der Waals surface area (Å²) in [6.45, 7) is 2.03. The van der Waals surface area contributed by atoms with Gasteiger partial charge in [-0.15, -0.1) is 0 Å². The molecule has 0 spiro atoms. The van der Waals surface area contributed by atoms with Crippen molar-refractivity contribution in [1.82, 2.24) is 4.98 Å². The number of rotatable bonds is 6. The van der Waals surface area contributed by atoms with Gasteiger partial charge in [0.2, 0.25) is 5.91 Å². The van der Waals surface area contributed by atoms with E-state index < -0.39 is 5.97 Å². The molecule has 1 aliphatic carbocycles. The summed E-state index contributed by atoms with van der Waals surface area (Å²) in [4.78, 5) is 27.8. The van der Waals surface area contributed by atoms with Crippen LogP contribution in [0, 0.1) is 0 Å². The molecule has 6 heteroatoms. The monoisotopic (exact) mass is 310 g/mol. The first-order valence-corrected chi connectivity index (χ1v) is 8.47. The van der Waals surface area contributed by atoms with E-state index in [4.69, 9.17) is 0 Å². The molecule has 1 saturated carbocycles. The topological polar surface area (TPSA) is 79.3 Å². The van der Waals surface area contributed by atoms with Crippen molar-refractivity contribution in [3.8, 4) is 0 Å². The van der Waals surface area contributed by atoms with Gasteiger partial charge in [0, 0.05) is 12.3 Å². The first kappa shape index (κ1) is 15.9. The van der Waals surface area contributed by atoms with Crippen molar-refractivity contribution in [1.29, 1.82) is 0 Å². The predicted octanol–water partition coefficient (Wildman–Crippen LogP) is 4.02. The molecule has 1 aliphatic rings. The summed E-state index contributed by atoms with van der Waals surface area (Å²) in [5.74, 6) is -0.803.